The number of aliphatic carboxylic acids is 1. The molecule has 0 atom stereocenters. The molecule has 0 bridgehead atoms. The van der Waals surface area contributed by atoms with Gasteiger partial charge in [-0.1, -0.05) is 36.9 Å². The molecule has 1 N–H and O–H groups in total. The summed E-state index contributed by atoms with van der Waals surface area (Å²) in [6.07, 6.45) is 0. The summed E-state index contributed by atoms with van der Waals surface area (Å²) in [5.41, 5.74) is -0.0684. The summed E-state index contributed by atoms with van der Waals surface area (Å²) in [5.74, 6) is -1.83. The quantitative estimate of drug-likeness (QED) is 0.207. The van der Waals surface area contributed by atoms with Gasteiger partial charge in [0.15, 0.2) is 5.78 Å². The predicted molar refractivity (Wildman–Crippen MR) is 48.7 cm³/mol. The van der Waals surface area contributed by atoms with E-state index in [4.69, 9.17) is 5.11 Å². The summed E-state index contributed by atoms with van der Waals surface area (Å²) in [5, 5.41) is 8.49. The Morgan fingerprint density at radius 3 is 2.14 bits per heavy atom. The average molecular weight is 184 g/mol. The number of carbonyl (C=O) groups excluding carboxylic acids is 1. The normalized spacial score (nSPS) is 8.57. The van der Waals surface area contributed by atoms with Crippen LogP contribution in [0.2, 0.25) is 0 Å². The molecule has 0 aliphatic heterocycles. The van der Waals surface area contributed by atoms with Crippen molar-refractivity contribution in [2.24, 2.45) is 0 Å². The Labute approximate surface area is 95.1 Å². The van der Waals surface area contributed by atoms with E-state index in [1.807, 2.05) is 0 Å². The van der Waals surface area contributed by atoms with E-state index in [-0.39, 0.29) is 20.3 Å². The minimum atomic E-state index is -1.28. The third-order valence-corrected chi connectivity index (χ3v) is 1.57. The Morgan fingerprint density at radius 1 is 1.21 bits per heavy atom. The van der Waals surface area contributed by atoms with Crippen LogP contribution < -0.4 is 18.9 Å². The van der Waals surface area contributed by atoms with Crippen LogP contribution in [0.1, 0.15) is 11.8 Å². The minimum absolute atomic E-state index is 0. The van der Waals surface area contributed by atoms with Crippen molar-refractivity contribution in [2.75, 3.05) is 0 Å². The molecule has 0 aliphatic carbocycles. The molecule has 0 heterocycles. The molecule has 0 aliphatic rings. The number of rotatable bonds is 3. The largest absolute Gasteiger partial charge is 1.00 e. The number of ketones is 1. The van der Waals surface area contributed by atoms with E-state index in [1.165, 1.54) is 0 Å². The molecule has 68 valence electrons. The fraction of sp³-hybridized carbons (Fsp3) is 0. The summed E-state index contributed by atoms with van der Waals surface area (Å²) in [6.45, 7) is 3.18. The van der Waals surface area contributed by atoms with Crippen molar-refractivity contribution in [2.45, 2.75) is 0 Å². The smallest absolute Gasteiger partial charge is 1.00 e. The van der Waals surface area contributed by atoms with Gasteiger partial charge < -0.3 is 6.53 Å². The molecule has 0 saturated carbocycles. The topological polar surface area (TPSA) is 54.4 Å². The number of hydrogen-bond acceptors (Lipinski definition) is 2. The van der Waals surface area contributed by atoms with E-state index >= 15 is 0 Å². The van der Waals surface area contributed by atoms with Gasteiger partial charge in [-0.2, -0.15) is 0 Å². The maximum absolute atomic E-state index is 11.3. The molecule has 14 heavy (non-hydrogen) atoms. The first-order valence-corrected chi connectivity index (χ1v) is 3.65. The van der Waals surface area contributed by atoms with Gasteiger partial charge >= 0.3 is 24.8 Å². The van der Waals surface area contributed by atoms with E-state index in [0.29, 0.717) is 5.56 Å². The molecule has 1 rings (SSSR count). The molecule has 3 nitrogen and oxygen atoms in total. The standard InChI is InChI=1S/C10H8O3.Li.H/c1-7(10(12)13)9(11)8-5-3-2-4-6-8;;/h2-6H,1H2,(H,12,13);;/q;+1;-1. The van der Waals surface area contributed by atoms with Gasteiger partial charge in [-0.05, 0) is 0 Å². The first-order chi connectivity index (χ1) is 6.13. The van der Waals surface area contributed by atoms with Crippen molar-refractivity contribution in [1.82, 2.24) is 0 Å². The van der Waals surface area contributed by atoms with Crippen molar-refractivity contribution < 1.29 is 35.0 Å². The van der Waals surface area contributed by atoms with E-state index in [0.717, 1.165) is 0 Å². The third kappa shape index (κ3) is 2.88. The van der Waals surface area contributed by atoms with Gasteiger partial charge in [0.25, 0.3) is 0 Å². The van der Waals surface area contributed by atoms with Crippen LogP contribution in [0, 0.1) is 0 Å². The van der Waals surface area contributed by atoms with Gasteiger partial charge in [-0.3, -0.25) is 4.79 Å². The molecule has 1 aromatic rings. The second kappa shape index (κ2) is 5.43. The second-order valence-electron chi connectivity index (χ2n) is 2.48. The number of carboxylic acid groups (broad SMARTS) is 1. The Morgan fingerprint density at radius 2 is 1.71 bits per heavy atom. The zero-order valence-corrected chi connectivity index (χ0v) is 7.86. The monoisotopic (exact) mass is 184 g/mol. The number of benzene rings is 1. The van der Waals surface area contributed by atoms with E-state index in [1.54, 1.807) is 30.3 Å². The van der Waals surface area contributed by atoms with Crippen LogP contribution in [-0.2, 0) is 4.79 Å². The molecule has 1 aromatic carbocycles. The average Bonchev–Trinajstić information content (AvgIpc) is 2.17. The summed E-state index contributed by atoms with van der Waals surface area (Å²) in [6, 6.07) is 8.19. The zero-order valence-electron chi connectivity index (χ0n) is 8.86. The summed E-state index contributed by atoms with van der Waals surface area (Å²) in [4.78, 5) is 21.7. The Balaban J connectivity index is 0. The number of hydrogen-bond donors (Lipinski definition) is 1. The minimum Gasteiger partial charge on any atom is -1.00 e. The molecular weight excluding hydrogens is 175 g/mol. The zero-order chi connectivity index (χ0) is 9.84. The first kappa shape index (κ1) is 12.7. The van der Waals surface area contributed by atoms with Gasteiger partial charge in [0.2, 0.25) is 0 Å². The van der Waals surface area contributed by atoms with E-state index in [2.05, 4.69) is 6.58 Å². The van der Waals surface area contributed by atoms with Crippen LogP contribution in [0.4, 0.5) is 0 Å². The van der Waals surface area contributed by atoms with Crippen LogP contribution >= 0.6 is 0 Å². The van der Waals surface area contributed by atoms with Crippen molar-refractivity contribution >= 4 is 11.8 Å². The Kier molecular flexibility index (Phi) is 4.93. The van der Waals surface area contributed by atoms with Crippen LogP contribution in [0.5, 0.6) is 0 Å². The third-order valence-electron chi connectivity index (χ3n) is 1.57. The Bertz CT molecular complexity index is 362. The summed E-state index contributed by atoms with van der Waals surface area (Å²) in [7, 11) is 0. The fourth-order valence-electron chi connectivity index (χ4n) is 0.861. The van der Waals surface area contributed by atoms with Crippen LogP contribution in [-0.4, -0.2) is 16.9 Å². The predicted octanol–water partition coefficient (Wildman–Crippen LogP) is -1.37. The maximum Gasteiger partial charge on any atom is 1.00 e. The van der Waals surface area contributed by atoms with Gasteiger partial charge in [0.05, 0.1) is 0 Å². The molecule has 0 fully saturated rings. The number of Topliss-reactive ketones (excluding diaryl/α,β-unsaturated/α-hetero) is 1. The molecule has 4 heteroatoms. The molecule has 0 amide bonds. The molecular formula is C10H9LiO3. The van der Waals surface area contributed by atoms with E-state index in [9.17, 15) is 9.59 Å². The maximum atomic E-state index is 11.3. The summed E-state index contributed by atoms with van der Waals surface area (Å²) >= 11 is 0. The molecule has 0 aromatic heterocycles. The van der Waals surface area contributed by atoms with Crippen LogP contribution in [0.3, 0.4) is 0 Å². The first-order valence-electron chi connectivity index (χ1n) is 3.65. The van der Waals surface area contributed by atoms with Crippen LogP contribution in [0.25, 0.3) is 0 Å². The van der Waals surface area contributed by atoms with Crippen LogP contribution in [0.15, 0.2) is 42.5 Å². The van der Waals surface area contributed by atoms with E-state index < -0.39 is 17.3 Å². The van der Waals surface area contributed by atoms with Gasteiger partial charge in [-0.15, -0.1) is 0 Å². The molecule has 0 saturated heterocycles. The molecule has 0 spiro atoms. The van der Waals surface area contributed by atoms with Crippen molar-refractivity contribution in [3.05, 3.63) is 48.0 Å². The second-order valence-corrected chi connectivity index (χ2v) is 2.48. The number of carbonyl (C=O) groups is 2. The SMILES string of the molecule is C=C(C(=O)O)C(=O)c1ccccc1.[H-].[Li+]. The van der Waals surface area contributed by atoms with Gasteiger partial charge in [0, 0.05) is 5.56 Å². The fourth-order valence-corrected chi connectivity index (χ4v) is 0.861. The van der Waals surface area contributed by atoms with Crippen molar-refractivity contribution in [1.29, 1.82) is 0 Å². The number of carboxylic acids is 1. The molecule has 0 unspecified atom stereocenters. The summed E-state index contributed by atoms with van der Waals surface area (Å²) < 4.78 is 0. The van der Waals surface area contributed by atoms with Crippen molar-refractivity contribution in [3.63, 3.8) is 0 Å². The molecule has 0 radical (unpaired) electrons. The van der Waals surface area contributed by atoms with Gasteiger partial charge in [-0.25, -0.2) is 4.79 Å². The van der Waals surface area contributed by atoms with Gasteiger partial charge in [0.1, 0.15) is 5.57 Å². The van der Waals surface area contributed by atoms with Crippen molar-refractivity contribution in [3.8, 4) is 0 Å². The Hall–Kier alpha value is -1.30.